The summed E-state index contributed by atoms with van der Waals surface area (Å²) in [6.07, 6.45) is 1.98. The van der Waals surface area contributed by atoms with Crippen molar-refractivity contribution in [2.45, 2.75) is 13.8 Å². The zero-order valence-corrected chi connectivity index (χ0v) is 6.05. The van der Waals surface area contributed by atoms with Crippen LogP contribution < -0.4 is 0 Å². The zero-order chi connectivity index (χ0) is 7.11. The molecule has 0 fully saturated rings. The summed E-state index contributed by atoms with van der Waals surface area (Å²) in [6, 6.07) is 0. The van der Waals surface area contributed by atoms with Crippen LogP contribution in [0.5, 0.6) is 0 Å². The third kappa shape index (κ3) is 7.66. The van der Waals surface area contributed by atoms with E-state index in [1.807, 2.05) is 19.9 Å². The lowest BCUT2D eigenvalue weighted by molar-refractivity contribution is 0.111. The molecule has 0 aromatic carbocycles. The molecule has 0 aliphatic carbocycles. The second kappa shape index (κ2) is 5.79. The normalized spacial score (nSPS) is 9.22. The molecular formula is C7H14O2. The van der Waals surface area contributed by atoms with Gasteiger partial charge in [-0.2, -0.15) is 0 Å². The highest BCUT2D eigenvalue weighted by Crippen LogP contribution is 1.87. The van der Waals surface area contributed by atoms with Crippen LogP contribution in [0.15, 0.2) is 11.6 Å². The minimum absolute atomic E-state index is 0.108. The van der Waals surface area contributed by atoms with Gasteiger partial charge in [-0.05, 0) is 13.8 Å². The van der Waals surface area contributed by atoms with Crippen LogP contribution >= 0.6 is 0 Å². The Labute approximate surface area is 56.1 Å². The molecule has 0 radical (unpaired) electrons. The lowest BCUT2D eigenvalue weighted by atomic mass is 10.3. The summed E-state index contributed by atoms with van der Waals surface area (Å²) in [6.45, 7) is 5.19. The van der Waals surface area contributed by atoms with E-state index < -0.39 is 0 Å². The van der Waals surface area contributed by atoms with E-state index in [4.69, 9.17) is 9.84 Å². The minimum atomic E-state index is 0.108. The highest BCUT2D eigenvalue weighted by Gasteiger charge is 1.80. The van der Waals surface area contributed by atoms with Crippen LogP contribution in [0.4, 0.5) is 0 Å². The Morgan fingerprint density at radius 1 is 1.56 bits per heavy atom. The van der Waals surface area contributed by atoms with Gasteiger partial charge in [0, 0.05) is 0 Å². The summed E-state index contributed by atoms with van der Waals surface area (Å²) in [5, 5.41) is 8.29. The van der Waals surface area contributed by atoms with Gasteiger partial charge in [-0.3, -0.25) is 0 Å². The maximum atomic E-state index is 8.29. The summed E-state index contributed by atoms with van der Waals surface area (Å²) in [5.74, 6) is 0. The summed E-state index contributed by atoms with van der Waals surface area (Å²) in [5.41, 5.74) is 1.24. The predicted octanol–water partition coefficient (Wildman–Crippen LogP) is 0.962. The maximum absolute atomic E-state index is 8.29. The van der Waals surface area contributed by atoms with Gasteiger partial charge in [0.2, 0.25) is 0 Å². The maximum Gasteiger partial charge on any atom is 0.0701 e. The van der Waals surface area contributed by atoms with Crippen molar-refractivity contribution in [3.05, 3.63) is 11.6 Å². The number of ether oxygens (including phenoxy) is 1. The van der Waals surface area contributed by atoms with E-state index in [1.165, 1.54) is 5.57 Å². The highest BCUT2D eigenvalue weighted by atomic mass is 16.5. The Bertz CT molecular complexity index is 82.9. The highest BCUT2D eigenvalue weighted by molar-refractivity contribution is 4.92. The zero-order valence-electron chi connectivity index (χ0n) is 6.05. The molecule has 0 heterocycles. The van der Waals surface area contributed by atoms with Gasteiger partial charge in [0.05, 0.1) is 19.8 Å². The SMILES string of the molecule is CC(C)=CCOCCO. The monoisotopic (exact) mass is 130 g/mol. The second-order valence-electron chi connectivity index (χ2n) is 2.08. The van der Waals surface area contributed by atoms with Crippen LogP contribution in [-0.4, -0.2) is 24.9 Å². The molecule has 54 valence electrons. The molecule has 0 spiro atoms. The van der Waals surface area contributed by atoms with Crippen molar-refractivity contribution >= 4 is 0 Å². The van der Waals surface area contributed by atoms with E-state index in [9.17, 15) is 0 Å². The van der Waals surface area contributed by atoms with Crippen LogP contribution in [0.2, 0.25) is 0 Å². The van der Waals surface area contributed by atoms with E-state index in [0.29, 0.717) is 13.2 Å². The Morgan fingerprint density at radius 2 is 2.22 bits per heavy atom. The number of aliphatic hydroxyl groups excluding tert-OH is 1. The summed E-state index contributed by atoms with van der Waals surface area (Å²) < 4.78 is 4.97. The Balaban J connectivity index is 3.00. The molecular weight excluding hydrogens is 116 g/mol. The number of hydrogen-bond acceptors (Lipinski definition) is 2. The summed E-state index contributed by atoms with van der Waals surface area (Å²) in [7, 11) is 0. The fourth-order valence-corrected chi connectivity index (χ4v) is 0.373. The van der Waals surface area contributed by atoms with Gasteiger partial charge >= 0.3 is 0 Å². The van der Waals surface area contributed by atoms with E-state index >= 15 is 0 Å². The van der Waals surface area contributed by atoms with Crippen LogP contribution in [0.1, 0.15) is 13.8 Å². The van der Waals surface area contributed by atoms with Crippen LogP contribution in [0.25, 0.3) is 0 Å². The van der Waals surface area contributed by atoms with E-state index in [0.717, 1.165) is 0 Å². The molecule has 0 unspecified atom stereocenters. The van der Waals surface area contributed by atoms with Gasteiger partial charge in [-0.25, -0.2) is 0 Å². The summed E-state index contributed by atoms with van der Waals surface area (Å²) in [4.78, 5) is 0. The fourth-order valence-electron chi connectivity index (χ4n) is 0.373. The first-order valence-electron chi connectivity index (χ1n) is 3.09. The van der Waals surface area contributed by atoms with Crippen LogP contribution in [0.3, 0.4) is 0 Å². The van der Waals surface area contributed by atoms with E-state index in [2.05, 4.69) is 0 Å². The number of rotatable bonds is 4. The number of hydrogen-bond donors (Lipinski definition) is 1. The van der Waals surface area contributed by atoms with Gasteiger partial charge < -0.3 is 9.84 Å². The van der Waals surface area contributed by atoms with Crippen LogP contribution in [0, 0.1) is 0 Å². The quantitative estimate of drug-likeness (QED) is 0.453. The van der Waals surface area contributed by atoms with Crippen molar-refractivity contribution in [3.8, 4) is 0 Å². The Hall–Kier alpha value is -0.340. The Morgan fingerprint density at radius 3 is 2.67 bits per heavy atom. The van der Waals surface area contributed by atoms with Crippen molar-refractivity contribution in [1.82, 2.24) is 0 Å². The third-order valence-electron chi connectivity index (χ3n) is 0.845. The molecule has 1 N–H and O–H groups in total. The predicted molar refractivity (Wildman–Crippen MR) is 37.3 cm³/mol. The molecule has 0 amide bonds. The lowest BCUT2D eigenvalue weighted by Crippen LogP contribution is -1.98. The molecule has 2 heteroatoms. The average Bonchev–Trinajstić information content (AvgIpc) is 1.80. The minimum Gasteiger partial charge on any atom is -0.394 e. The first-order chi connectivity index (χ1) is 4.27. The smallest absolute Gasteiger partial charge is 0.0701 e. The molecule has 2 nitrogen and oxygen atoms in total. The van der Waals surface area contributed by atoms with Crippen molar-refractivity contribution in [3.63, 3.8) is 0 Å². The largest absolute Gasteiger partial charge is 0.394 e. The van der Waals surface area contributed by atoms with Gasteiger partial charge in [-0.1, -0.05) is 11.6 Å². The first-order valence-corrected chi connectivity index (χ1v) is 3.09. The lowest BCUT2D eigenvalue weighted by Gasteiger charge is -1.95. The molecule has 9 heavy (non-hydrogen) atoms. The van der Waals surface area contributed by atoms with E-state index in [1.54, 1.807) is 0 Å². The molecule has 0 bridgehead atoms. The standard InChI is InChI=1S/C7H14O2/c1-7(2)3-5-9-6-4-8/h3,8H,4-6H2,1-2H3. The van der Waals surface area contributed by atoms with E-state index in [-0.39, 0.29) is 6.61 Å². The van der Waals surface area contributed by atoms with Gasteiger partial charge in [0.25, 0.3) is 0 Å². The van der Waals surface area contributed by atoms with Crippen LogP contribution in [-0.2, 0) is 4.74 Å². The van der Waals surface area contributed by atoms with Crippen molar-refractivity contribution < 1.29 is 9.84 Å². The topological polar surface area (TPSA) is 29.5 Å². The van der Waals surface area contributed by atoms with Crippen molar-refractivity contribution in [2.24, 2.45) is 0 Å². The fraction of sp³-hybridized carbons (Fsp3) is 0.714. The molecule has 0 aromatic heterocycles. The van der Waals surface area contributed by atoms with Crippen molar-refractivity contribution in [1.29, 1.82) is 0 Å². The van der Waals surface area contributed by atoms with Gasteiger partial charge in [0.1, 0.15) is 0 Å². The summed E-state index contributed by atoms with van der Waals surface area (Å²) >= 11 is 0. The first kappa shape index (κ1) is 8.66. The molecule has 0 rings (SSSR count). The van der Waals surface area contributed by atoms with Gasteiger partial charge in [-0.15, -0.1) is 0 Å². The third-order valence-corrected chi connectivity index (χ3v) is 0.845. The van der Waals surface area contributed by atoms with Crippen molar-refractivity contribution in [2.75, 3.05) is 19.8 Å². The molecule has 0 aromatic rings. The number of allylic oxidation sites excluding steroid dienone is 1. The molecule has 0 saturated heterocycles. The number of aliphatic hydroxyl groups is 1. The molecule has 0 saturated carbocycles. The van der Waals surface area contributed by atoms with Gasteiger partial charge in [0.15, 0.2) is 0 Å². The molecule has 0 aliphatic heterocycles. The second-order valence-corrected chi connectivity index (χ2v) is 2.08. The molecule has 0 atom stereocenters. The molecule has 0 aliphatic rings. The average molecular weight is 130 g/mol. The Kier molecular flexibility index (Phi) is 5.57.